The zero-order valence-corrected chi connectivity index (χ0v) is 12.3. The highest BCUT2D eigenvalue weighted by molar-refractivity contribution is 9.09. The first-order valence-electron chi connectivity index (χ1n) is 6.10. The lowest BCUT2D eigenvalue weighted by atomic mass is 10.2. The molecule has 3 rings (SSSR count). The summed E-state index contributed by atoms with van der Waals surface area (Å²) in [6, 6.07) is 7.52. The van der Waals surface area contributed by atoms with Gasteiger partial charge in [-0.05, 0) is 24.3 Å². The number of ether oxygens (including phenoxy) is 1. The van der Waals surface area contributed by atoms with Crippen molar-refractivity contribution in [2.45, 2.75) is 11.2 Å². The summed E-state index contributed by atoms with van der Waals surface area (Å²) in [7, 11) is 1.61. The van der Waals surface area contributed by atoms with Crippen molar-refractivity contribution in [2.24, 2.45) is 0 Å². The standard InChI is InChI=1S/C13H12BrN3O3/c1-19-10-4-2-8(3-5-10)12-15-16-13(20-12)17-7-9(14)6-11(17)18/h2-5,9H,6-7H2,1H3. The molecule has 1 aliphatic rings. The van der Waals surface area contributed by atoms with E-state index in [0.717, 1.165) is 11.3 Å². The molecule has 1 atom stereocenters. The summed E-state index contributed by atoms with van der Waals surface area (Å²) in [6.45, 7) is 0.545. The predicted molar refractivity (Wildman–Crippen MR) is 76.0 cm³/mol. The number of carbonyl (C=O) groups excluding carboxylic acids is 1. The Morgan fingerprint density at radius 1 is 1.35 bits per heavy atom. The molecule has 0 N–H and O–H groups in total. The third kappa shape index (κ3) is 2.40. The van der Waals surface area contributed by atoms with Crippen molar-refractivity contribution >= 4 is 27.9 Å². The van der Waals surface area contributed by atoms with Gasteiger partial charge in [-0.25, -0.2) is 0 Å². The average Bonchev–Trinajstić information content (AvgIpc) is 3.05. The number of rotatable bonds is 3. The summed E-state index contributed by atoms with van der Waals surface area (Å²) in [4.78, 5) is 13.4. The molecular formula is C13H12BrN3O3. The molecule has 6 nitrogen and oxygen atoms in total. The second-order valence-electron chi connectivity index (χ2n) is 4.42. The van der Waals surface area contributed by atoms with Crippen LogP contribution in [0.2, 0.25) is 0 Å². The van der Waals surface area contributed by atoms with Gasteiger partial charge in [-0.1, -0.05) is 21.0 Å². The van der Waals surface area contributed by atoms with E-state index in [1.54, 1.807) is 7.11 Å². The fourth-order valence-electron chi connectivity index (χ4n) is 2.02. The van der Waals surface area contributed by atoms with Crippen LogP contribution in [-0.4, -0.2) is 34.6 Å². The lowest BCUT2D eigenvalue weighted by Gasteiger charge is -2.08. The van der Waals surface area contributed by atoms with Crippen LogP contribution in [0.15, 0.2) is 28.7 Å². The number of carbonyl (C=O) groups is 1. The highest BCUT2D eigenvalue weighted by Crippen LogP contribution is 2.27. The first kappa shape index (κ1) is 13.1. The molecule has 1 unspecified atom stereocenters. The Morgan fingerprint density at radius 2 is 2.10 bits per heavy atom. The molecule has 7 heteroatoms. The molecule has 2 aromatic rings. The van der Waals surface area contributed by atoms with Crippen LogP contribution >= 0.6 is 15.9 Å². The quantitative estimate of drug-likeness (QED) is 0.803. The Bertz CT molecular complexity index is 626. The van der Waals surface area contributed by atoms with E-state index < -0.39 is 0 Å². The fraction of sp³-hybridized carbons (Fsp3) is 0.308. The van der Waals surface area contributed by atoms with Gasteiger partial charge in [-0.15, -0.1) is 5.10 Å². The average molecular weight is 338 g/mol. The molecule has 1 aliphatic heterocycles. The lowest BCUT2D eigenvalue weighted by molar-refractivity contribution is -0.117. The van der Waals surface area contributed by atoms with Crippen LogP contribution in [0, 0.1) is 0 Å². The van der Waals surface area contributed by atoms with Gasteiger partial charge in [0, 0.05) is 23.4 Å². The molecule has 1 aromatic carbocycles. The SMILES string of the molecule is COc1ccc(-c2nnc(N3CC(Br)CC3=O)o2)cc1. The molecule has 20 heavy (non-hydrogen) atoms. The minimum atomic E-state index is -0.0168. The summed E-state index contributed by atoms with van der Waals surface area (Å²) in [5.41, 5.74) is 0.784. The van der Waals surface area contributed by atoms with Crippen molar-refractivity contribution in [1.82, 2.24) is 10.2 Å². The number of hydrogen-bond acceptors (Lipinski definition) is 5. The van der Waals surface area contributed by atoms with Crippen LogP contribution in [-0.2, 0) is 4.79 Å². The molecule has 0 radical (unpaired) electrons. The Kier molecular flexibility index (Phi) is 3.43. The molecule has 0 aliphatic carbocycles. The second kappa shape index (κ2) is 5.24. The van der Waals surface area contributed by atoms with Gasteiger partial charge < -0.3 is 9.15 Å². The van der Waals surface area contributed by atoms with Gasteiger partial charge >= 0.3 is 6.01 Å². The Hall–Kier alpha value is -1.89. The zero-order valence-electron chi connectivity index (χ0n) is 10.7. The summed E-state index contributed by atoms with van der Waals surface area (Å²) in [5, 5.41) is 7.92. The van der Waals surface area contributed by atoms with Crippen LogP contribution in [0.4, 0.5) is 6.01 Å². The zero-order chi connectivity index (χ0) is 14.1. The number of hydrogen-bond donors (Lipinski definition) is 0. The molecule has 0 bridgehead atoms. The van der Waals surface area contributed by atoms with Gasteiger partial charge in [-0.3, -0.25) is 9.69 Å². The Labute approximate surface area is 123 Å². The smallest absolute Gasteiger partial charge is 0.325 e. The largest absolute Gasteiger partial charge is 0.497 e. The Morgan fingerprint density at radius 3 is 2.70 bits per heavy atom. The van der Waals surface area contributed by atoms with Crippen molar-refractivity contribution in [2.75, 3.05) is 18.6 Å². The molecule has 1 aromatic heterocycles. The maximum atomic E-state index is 11.8. The topological polar surface area (TPSA) is 68.5 Å². The van der Waals surface area contributed by atoms with Crippen LogP contribution < -0.4 is 9.64 Å². The van der Waals surface area contributed by atoms with Crippen LogP contribution in [0.5, 0.6) is 5.75 Å². The van der Waals surface area contributed by atoms with Crippen molar-refractivity contribution in [1.29, 1.82) is 0 Å². The summed E-state index contributed by atoms with van der Waals surface area (Å²) >= 11 is 3.42. The highest BCUT2D eigenvalue weighted by atomic mass is 79.9. The van der Waals surface area contributed by atoms with Gasteiger partial charge in [0.05, 0.1) is 7.11 Å². The first-order valence-corrected chi connectivity index (χ1v) is 7.01. The van der Waals surface area contributed by atoms with Gasteiger partial charge in [0.1, 0.15) is 5.75 Å². The summed E-state index contributed by atoms with van der Waals surface area (Å²) < 4.78 is 10.7. The van der Waals surface area contributed by atoms with E-state index in [1.807, 2.05) is 24.3 Å². The van der Waals surface area contributed by atoms with E-state index >= 15 is 0 Å². The van der Waals surface area contributed by atoms with Crippen molar-refractivity contribution in [3.05, 3.63) is 24.3 Å². The van der Waals surface area contributed by atoms with Crippen LogP contribution in [0.25, 0.3) is 11.5 Å². The number of halogens is 1. The molecule has 1 amide bonds. The monoisotopic (exact) mass is 337 g/mol. The predicted octanol–water partition coefficient (Wildman–Crippen LogP) is 2.25. The van der Waals surface area contributed by atoms with E-state index in [-0.39, 0.29) is 16.7 Å². The van der Waals surface area contributed by atoms with E-state index in [2.05, 4.69) is 26.1 Å². The minimum absolute atomic E-state index is 0.0168. The number of anilines is 1. The van der Waals surface area contributed by atoms with E-state index in [0.29, 0.717) is 18.9 Å². The van der Waals surface area contributed by atoms with E-state index in [1.165, 1.54) is 4.90 Å². The van der Waals surface area contributed by atoms with Gasteiger partial charge in [-0.2, -0.15) is 0 Å². The molecule has 0 spiro atoms. The molecular weight excluding hydrogens is 326 g/mol. The fourth-order valence-corrected chi connectivity index (χ4v) is 2.59. The van der Waals surface area contributed by atoms with E-state index in [4.69, 9.17) is 9.15 Å². The summed E-state index contributed by atoms with van der Waals surface area (Å²) in [6.07, 6.45) is 0.445. The third-order valence-electron chi connectivity index (χ3n) is 3.06. The molecule has 104 valence electrons. The number of nitrogens with zero attached hydrogens (tertiary/aromatic N) is 3. The number of alkyl halides is 1. The highest BCUT2D eigenvalue weighted by Gasteiger charge is 2.32. The van der Waals surface area contributed by atoms with Crippen LogP contribution in [0.1, 0.15) is 6.42 Å². The van der Waals surface area contributed by atoms with Gasteiger partial charge in [0.25, 0.3) is 0 Å². The molecule has 0 saturated carbocycles. The number of benzene rings is 1. The maximum absolute atomic E-state index is 11.8. The maximum Gasteiger partial charge on any atom is 0.325 e. The molecule has 2 heterocycles. The van der Waals surface area contributed by atoms with Gasteiger partial charge in [0.2, 0.25) is 11.8 Å². The minimum Gasteiger partial charge on any atom is -0.497 e. The molecule has 1 saturated heterocycles. The first-order chi connectivity index (χ1) is 9.67. The second-order valence-corrected chi connectivity index (χ2v) is 5.72. The number of methoxy groups -OCH3 is 1. The van der Waals surface area contributed by atoms with Crippen LogP contribution in [0.3, 0.4) is 0 Å². The summed E-state index contributed by atoms with van der Waals surface area (Å²) in [5.74, 6) is 1.12. The van der Waals surface area contributed by atoms with E-state index in [9.17, 15) is 4.79 Å². The van der Waals surface area contributed by atoms with Crippen molar-refractivity contribution in [3.63, 3.8) is 0 Å². The third-order valence-corrected chi connectivity index (χ3v) is 3.67. The van der Waals surface area contributed by atoms with Crippen molar-refractivity contribution < 1.29 is 13.9 Å². The number of amides is 1. The number of aromatic nitrogens is 2. The normalized spacial score (nSPS) is 18.6. The lowest BCUT2D eigenvalue weighted by Crippen LogP contribution is -2.24. The van der Waals surface area contributed by atoms with Gasteiger partial charge in [0.15, 0.2) is 0 Å². The molecule has 1 fully saturated rings. The Balaban J connectivity index is 1.84. The van der Waals surface area contributed by atoms with Crippen molar-refractivity contribution in [3.8, 4) is 17.2 Å².